The number of carbonyl (C=O) groups excluding carboxylic acids is 2. The lowest BCUT2D eigenvalue weighted by Gasteiger charge is -2.09. The van der Waals surface area contributed by atoms with Crippen LogP contribution in [0.5, 0.6) is 0 Å². The summed E-state index contributed by atoms with van der Waals surface area (Å²) < 4.78 is 0.596. The zero-order chi connectivity index (χ0) is 14.7. The van der Waals surface area contributed by atoms with Crippen LogP contribution in [0.15, 0.2) is 29.2 Å². The molecule has 1 aliphatic heterocycles. The molecule has 1 fully saturated rings. The molecule has 1 heterocycles. The Balaban J connectivity index is 2.17. The number of hydrogen-bond acceptors (Lipinski definition) is 4. The van der Waals surface area contributed by atoms with Gasteiger partial charge in [-0.25, -0.2) is 0 Å². The summed E-state index contributed by atoms with van der Waals surface area (Å²) in [6.45, 7) is 3.95. The molecule has 1 N–H and O–H groups in total. The molecule has 0 saturated carbocycles. The number of nitrogens with zero attached hydrogens (tertiary/aromatic N) is 1. The summed E-state index contributed by atoms with van der Waals surface area (Å²) in [6.07, 6.45) is 1.81. The van der Waals surface area contributed by atoms with Gasteiger partial charge >= 0.3 is 0 Å². The number of benzene rings is 1. The number of thioether (sulfide) groups is 1. The predicted octanol–water partition coefficient (Wildman–Crippen LogP) is 2.87. The lowest BCUT2D eigenvalue weighted by molar-refractivity contribution is -0.122. The van der Waals surface area contributed by atoms with Crippen molar-refractivity contribution in [3.05, 3.63) is 34.7 Å². The van der Waals surface area contributed by atoms with Gasteiger partial charge in [-0.1, -0.05) is 36.1 Å². The van der Waals surface area contributed by atoms with E-state index in [1.165, 1.54) is 18.7 Å². The maximum absolute atomic E-state index is 12.1. The molecule has 0 unspecified atom stereocenters. The van der Waals surface area contributed by atoms with E-state index < -0.39 is 0 Å². The zero-order valence-corrected chi connectivity index (χ0v) is 12.8. The SMILES string of the molecule is CCN1C(=O)/C(=C\c2ccc(NC(C)=O)cc2)SC1=S. The molecule has 0 aromatic heterocycles. The minimum atomic E-state index is -0.110. The van der Waals surface area contributed by atoms with E-state index in [0.29, 0.717) is 15.8 Å². The number of amides is 2. The molecular formula is C14H14N2O2S2. The first-order valence-electron chi connectivity index (χ1n) is 6.14. The van der Waals surface area contributed by atoms with E-state index in [4.69, 9.17) is 12.2 Å². The lowest BCUT2D eigenvalue weighted by atomic mass is 10.2. The van der Waals surface area contributed by atoms with Gasteiger partial charge in [-0.2, -0.15) is 0 Å². The van der Waals surface area contributed by atoms with Crippen molar-refractivity contribution >= 4 is 51.9 Å². The van der Waals surface area contributed by atoms with Crippen LogP contribution in [-0.4, -0.2) is 27.6 Å². The van der Waals surface area contributed by atoms with E-state index in [1.54, 1.807) is 17.0 Å². The molecule has 1 aromatic rings. The Hall–Kier alpha value is -1.66. The maximum Gasteiger partial charge on any atom is 0.266 e. The minimum Gasteiger partial charge on any atom is -0.326 e. The van der Waals surface area contributed by atoms with Crippen LogP contribution >= 0.6 is 24.0 Å². The van der Waals surface area contributed by atoms with Crippen molar-refractivity contribution in [1.29, 1.82) is 0 Å². The first-order chi connectivity index (χ1) is 9.51. The zero-order valence-electron chi connectivity index (χ0n) is 11.2. The van der Waals surface area contributed by atoms with E-state index in [1.807, 2.05) is 25.1 Å². The van der Waals surface area contributed by atoms with Crippen LogP contribution in [-0.2, 0) is 9.59 Å². The molecule has 6 heteroatoms. The van der Waals surface area contributed by atoms with Crippen LogP contribution in [0.2, 0.25) is 0 Å². The standard InChI is InChI=1S/C14H14N2O2S2/c1-3-16-13(18)12(20-14(16)19)8-10-4-6-11(7-5-10)15-9(2)17/h4-8H,3H2,1-2H3,(H,15,17)/b12-8+. The van der Waals surface area contributed by atoms with E-state index in [-0.39, 0.29) is 11.8 Å². The van der Waals surface area contributed by atoms with Gasteiger partial charge in [-0.15, -0.1) is 0 Å². The molecule has 4 nitrogen and oxygen atoms in total. The quantitative estimate of drug-likeness (QED) is 0.689. The number of hydrogen-bond donors (Lipinski definition) is 1. The molecule has 0 aliphatic carbocycles. The molecule has 0 radical (unpaired) electrons. The summed E-state index contributed by atoms with van der Waals surface area (Å²) in [5, 5.41) is 2.70. The van der Waals surface area contributed by atoms with Crippen LogP contribution in [0.1, 0.15) is 19.4 Å². The van der Waals surface area contributed by atoms with E-state index >= 15 is 0 Å². The Bertz CT molecular complexity index is 594. The second-order valence-corrected chi connectivity index (χ2v) is 5.90. The molecule has 0 atom stereocenters. The highest BCUT2D eigenvalue weighted by Gasteiger charge is 2.30. The van der Waals surface area contributed by atoms with Gasteiger partial charge in [-0.3, -0.25) is 14.5 Å². The van der Waals surface area contributed by atoms with Gasteiger partial charge in [0.25, 0.3) is 5.91 Å². The summed E-state index contributed by atoms with van der Waals surface area (Å²) in [7, 11) is 0. The van der Waals surface area contributed by atoms with Gasteiger partial charge in [-0.05, 0) is 30.7 Å². The summed E-state index contributed by atoms with van der Waals surface area (Å²) >= 11 is 6.47. The van der Waals surface area contributed by atoms with Crippen molar-refractivity contribution < 1.29 is 9.59 Å². The third-order valence-electron chi connectivity index (χ3n) is 2.72. The van der Waals surface area contributed by atoms with E-state index in [2.05, 4.69) is 5.32 Å². The molecule has 2 amide bonds. The van der Waals surface area contributed by atoms with Crippen molar-refractivity contribution in [2.24, 2.45) is 0 Å². The molecule has 1 aromatic carbocycles. The van der Waals surface area contributed by atoms with Crippen LogP contribution in [0.25, 0.3) is 6.08 Å². The van der Waals surface area contributed by atoms with E-state index in [9.17, 15) is 9.59 Å². The fourth-order valence-corrected chi connectivity index (χ4v) is 3.17. The number of rotatable bonds is 3. The monoisotopic (exact) mass is 306 g/mol. The Morgan fingerprint density at radius 2 is 2.05 bits per heavy atom. The smallest absolute Gasteiger partial charge is 0.266 e. The average Bonchev–Trinajstić information content (AvgIpc) is 2.66. The summed E-state index contributed by atoms with van der Waals surface area (Å²) in [6, 6.07) is 7.30. The van der Waals surface area contributed by atoms with E-state index in [0.717, 1.165) is 11.3 Å². The summed E-state index contributed by atoms with van der Waals surface area (Å²) in [5.41, 5.74) is 1.63. The minimum absolute atomic E-state index is 0.0477. The van der Waals surface area contributed by atoms with Crippen molar-refractivity contribution in [1.82, 2.24) is 4.90 Å². The third kappa shape index (κ3) is 3.26. The normalized spacial score (nSPS) is 16.9. The van der Waals surface area contributed by atoms with Crippen molar-refractivity contribution in [2.45, 2.75) is 13.8 Å². The number of anilines is 1. The molecule has 104 valence electrons. The Kier molecular flexibility index (Phi) is 4.57. The molecule has 0 bridgehead atoms. The Morgan fingerprint density at radius 1 is 1.40 bits per heavy atom. The predicted molar refractivity (Wildman–Crippen MR) is 86.3 cm³/mol. The van der Waals surface area contributed by atoms with Crippen molar-refractivity contribution in [2.75, 3.05) is 11.9 Å². The lowest BCUT2D eigenvalue weighted by Crippen LogP contribution is -2.27. The van der Waals surface area contributed by atoms with Gasteiger partial charge in [0, 0.05) is 19.2 Å². The highest BCUT2D eigenvalue weighted by atomic mass is 32.2. The van der Waals surface area contributed by atoms with Crippen molar-refractivity contribution in [3.8, 4) is 0 Å². The Labute approximate surface area is 127 Å². The fourth-order valence-electron chi connectivity index (χ4n) is 1.79. The molecule has 2 rings (SSSR count). The van der Waals surface area contributed by atoms with Crippen LogP contribution < -0.4 is 5.32 Å². The molecular weight excluding hydrogens is 292 g/mol. The third-order valence-corrected chi connectivity index (χ3v) is 4.10. The maximum atomic E-state index is 12.1. The van der Waals surface area contributed by atoms with Gasteiger partial charge in [0.05, 0.1) is 4.91 Å². The molecule has 1 saturated heterocycles. The van der Waals surface area contributed by atoms with Crippen molar-refractivity contribution in [3.63, 3.8) is 0 Å². The highest BCUT2D eigenvalue weighted by Crippen LogP contribution is 2.32. The number of carbonyl (C=O) groups is 2. The number of likely N-dealkylation sites (N-methyl/N-ethyl adjacent to an activating group) is 1. The van der Waals surface area contributed by atoms with Crippen LogP contribution in [0.4, 0.5) is 5.69 Å². The number of thiocarbonyl (C=S) groups is 1. The average molecular weight is 306 g/mol. The molecule has 20 heavy (non-hydrogen) atoms. The van der Waals surface area contributed by atoms with Gasteiger partial charge in [0.15, 0.2) is 0 Å². The van der Waals surface area contributed by atoms with Gasteiger partial charge in [0.2, 0.25) is 5.91 Å². The molecule has 0 spiro atoms. The van der Waals surface area contributed by atoms with Crippen LogP contribution in [0, 0.1) is 0 Å². The first kappa shape index (κ1) is 14.7. The largest absolute Gasteiger partial charge is 0.326 e. The second kappa shape index (κ2) is 6.19. The summed E-state index contributed by atoms with van der Waals surface area (Å²) in [4.78, 5) is 25.2. The number of nitrogens with one attached hydrogen (secondary N) is 1. The molecule has 1 aliphatic rings. The van der Waals surface area contributed by atoms with Gasteiger partial charge < -0.3 is 5.32 Å². The first-order valence-corrected chi connectivity index (χ1v) is 7.36. The summed E-state index contributed by atoms with van der Waals surface area (Å²) in [5.74, 6) is -0.157. The highest BCUT2D eigenvalue weighted by molar-refractivity contribution is 8.26. The second-order valence-electron chi connectivity index (χ2n) is 4.23. The fraction of sp³-hybridized carbons (Fsp3) is 0.214. The Morgan fingerprint density at radius 3 is 2.55 bits per heavy atom. The topological polar surface area (TPSA) is 49.4 Å². The van der Waals surface area contributed by atoms with Crippen LogP contribution in [0.3, 0.4) is 0 Å². The van der Waals surface area contributed by atoms with Gasteiger partial charge in [0.1, 0.15) is 4.32 Å².